The van der Waals surface area contributed by atoms with Crippen molar-refractivity contribution >= 4 is 23.4 Å². The maximum atomic E-state index is 13.6. The molecular formula is C25H25FN4O3. The second-order valence-electron chi connectivity index (χ2n) is 8.37. The number of hydroxylamine groups is 2. The summed E-state index contributed by atoms with van der Waals surface area (Å²) in [6.07, 6.45) is -1.03. The average molecular weight is 448 g/mol. The number of nitrogens with one attached hydrogen (secondary N) is 1. The van der Waals surface area contributed by atoms with E-state index in [1.165, 1.54) is 17.0 Å². The lowest BCUT2D eigenvalue weighted by atomic mass is 9.99. The van der Waals surface area contributed by atoms with E-state index in [-0.39, 0.29) is 18.4 Å². The van der Waals surface area contributed by atoms with Crippen LogP contribution in [-0.2, 0) is 6.54 Å². The van der Waals surface area contributed by atoms with Crippen LogP contribution >= 0.6 is 0 Å². The SMILES string of the molecule is CC1(C)[C@H](N(O)C(=O)Nc2ccccc2)N(c2ccccc2)C(=O)N1Cc1ccc(F)cc1. The number of amides is 4. The van der Waals surface area contributed by atoms with E-state index in [1.807, 2.05) is 12.1 Å². The summed E-state index contributed by atoms with van der Waals surface area (Å²) in [5.74, 6) is -0.367. The molecular weight excluding hydrogens is 423 g/mol. The maximum absolute atomic E-state index is 13.6. The highest BCUT2D eigenvalue weighted by Gasteiger charge is 2.56. The third kappa shape index (κ3) is 4.38. The summed E-state index contributed by atoms with van der Waals surface area (Å²) in [6.45, 7) is 3.74. The largest absolute Gasteiger partial charge is 0.347 e. The first kappa shape index (κ1) is 22.3. The van der Waals surface area contributed by atoms with Crippen molar-refractivity contribution in [1.82, 2.24) is 9.96 Å². The van der Waals surface area contributed by atoms with Crippen LogP contribution < -0.4 is 10.2 Å². The van der Waals surface area contributed by atoms with Crippen LogP contribution in [0, 0.1) is 5.82 Å². The minimum atomic E-state index is -1.03. The number of halogens is 1. The third-order valence-electron chi connectivity index (χ3n) is 5.76. The molecule has 0 aromatic heterocycles. The van der Waals surface area contributed by atoms with Crippen molar-refractivity contribution in [2.75, 3.05) is 10.2 Å². The summed E-state index contributed by atoms with van der Waals surface area (Å²) in [5.41, 5.74) is 0.779. The van der Waals surface area contributed by atoms with E-state index >= 15 is 0 Å². The van der Waals surface area contributed by atoms with E-state index in [0.717, 1.165) is 5.56 Å². The fourth-order valence-corrected chi connectivity index (χ4v) is 4.04. The van der Waals surface area contributed by atoms with Gasteiger partial charge in [-0.15, -0.1) is 0 Å². The van der Waals surface area contributed by atoms with Crippen molar-refractivity contribution in [1.29, 1.82) is 0 Å². The Balaban J connectivity index is 1.69. The average Bonchev–Trinajstić information content (AvgIpc) is 3.01. The van der Waals surface area contributed by atoms with Gasteiger partial charge in [-0.05, 0) is 55.8 Å². The fourth-order valence-electron chi connectivity index (χ4n) is 4.04. The van der Waals surface area contributed by atoms with Gasteiger partial charge >= 0.3 is 12.1 Å². The lowest BCUT2D eigenvalue weighted by molar-refractivity contribution is -0.0954. The Labute approximate surface area is 191 Å². The first-order valence-electron chi connectivity index (χ1n) is 10.5. The first-order chi connectivity index (χ1) is 15.8. The van der Waals surface area contributed by atoms with E-state index in [1.54, 1.807) is 79.4 Å². The molecule has 0 radical (unpaired) electrons. The van der Waals surface area contributed by atoms with Gasteiger partial charge in [-0.3, -0.25) is 10.1 Å². The Morgan fingerprint density at radius 2 is 1.58 bits per heavy atom. The van der Waals surface area contributed by atoms with Crippen LogP contribution in [0.3, 0.4) is 0 Å². The van der Waals surface area contributed by atoms with Gasteiger partial charge in [-0.25, -0.2) is 14.0 Å². The zero-order chi connectivity index (χ0) is 23.6. The number of hydrogen-bond donors (Lipinski definition) is 2. The predicted octanol–water partition coefficient (Wildman–Crippen LogP) is 5.30. The molecule has 0 spiro atoms. The summed E-state index contributed by atoms with van der Waals surface area (Å²) in [4.78, 5) is 29.5. The third-order valence-corrected chi connectivity index (χ3v) is 5.76. The van der Waals surface area contributed by atoms with Gasteiger partial charge in [0.1, 0.15) is 5.82 Å². The fraction of sp³-hybridized carbons (Fsp3) is 0.200. The van der Waals surface area contributed by atoms with Gasteiger partial charge in [0.05, 0.1) is 5.54 Å². The Morgan fingerprint density at radius 1 is 1.00 bits per heavy atom. The molecule has 2 N–H and O–H groups in total. The number of carbonyl (C=O) groups excluding carboxylic acids is 2. The van der Waals surface area contributed by atoms with Crippen molar-refractivity contribution in [2.24, 2.45) is 0 Å². The molecule has 3 aromatic rings. The molecule has 1 aliphatic heterocycles. The minimum Gasteiger partial charge on any atom is -0.311 e. The van der Waals surface area contributed by atoms with Crippen LogP contribution in [0.4, 0.5) is 25.4 Å². The Bertz CT molecular complexity index is 1120. The van der Waals surface area contributed by atoms with Crippen LogP contribution in [0.2, 0.25) is 0 Å². The van der Waals surface area contributed by atoms with Crippen LogP contribution in [0.15, 0.2) is 84.9 Å². The quantitative estimate of drug-likeness (QED) is 0.411. The molecule has 4 rings (SSSR count). The van der Waals surface area contributed by atoms with E-state index in [0.29, 0.717) is 16.4 Å². The number of rotatable bonds is 5. The molecule has 4 amide bonds. The molecule has 8 heteroatoms. The molecule has 33 heavy (non-hydrogen) atoms. The number of para-hydroxylation sites is 2. The number of anilines is 2. The van der Waals surface area contributed by atoms with Crippen molar-refractivity contribution in [3.63, 3.8) is 0 Å². The monoisotopic (exact) mass is 448 g/mol. The minimum absolute atomic E-state index is 0.181. The predicted molar refractivity (Wildman–Crippen MR) is 123 cm³/mol. The van der Waals surface area contributed by atoms with Gasteiger partial charge in [0.15, 0.2) is 6.17 Å². The van der Waals surface area contributed by atoms with Crippen LogP contribution in [0.5, 0.6) is 0 Å². The summed E-state index contributed by atoms with van der Waals surface area (Å²) in [7, 11) is 0. The highest BCUT2D eigenvalue weighted by molar-refractivity contribution is 5.98. The lowest BCUT2D eigenvalue weighted by Gasteiger charge is -2.38. The highest BCUT2D eigenvalue weighted by Crippen LogP contribution is 2.38. The van der Waals surface area contributed by atoms with Crippen molar-refractivity contribution in [3.8, 4) is 0 Å². The molecule has 0 bridgehead atoms. The summed E-state index contributed by atoms with van der Waals surface area (Å²) in [5, 5.41) is 14.2. The van der Waals surface area contributed by atoms with Crippen LogP contribution in [0.25, 0.3) is 0 Å². The van der Waals surface area contributed by atoms with E-state index in [9.17, 15) is 19.2 Å². The normalized spacial score (nSPS) is 17.2. The zero-order valence-electron chi connectivity index (χ0n) is 18.4. The topological polar surface area (TPSA) is 76.1 Å². The molecule has 1 fully saturated rings. The zero-order valence-corrected chi connectivity index (χ0v) is 18.4. The molecule has 1 atom stereocenters. The van der Waals surface area contributed by atoms with Crippen molar-refractivity contribution < 1.29 is 19.2 Å². The van der Waals surface area contributed by atoms with Crippen molar-refractivity contribution in [2.45, 2.75) is 32.1 Å². The maximum Gasteiger partial charge on any atom is 0.347 e. The van der Waals surface area contributed by atoms with Crippen LogP contribution in [-0.4, -0.2) is 38.9 Å². The smallest absolute Gasteiger partial charge is 0.311 e. The Kier molecular flexibility index (Phi) is 6.02. The highest BCUT2D eigenvalue weighted by atomic mass is 19.1. The van der Waals surface area contributed by atoms with E-state index in [4.69, 9.17) is 0 Å². The van der Waals surface area contributed by atoms with Gasteiger partial charge < -0.3 is 10.2 Å². The lowest BCUT2D eigenvalue weighted by Crippen LogP contribution is -2.58. The molecule has 1 saturated heterocycles. The standard InChI is InChI=1S/C25H25FN4O3/c1-25(2)22(30(33)23(31)27-20-9-5-3-6-10-20)29(21-11-7-4-8-12-21)24(32)28(25)17-18-13-15-19(26)16-14-18/h3-16,22,33H,17H2,1-2H3,(H,27,31)/t22-/m0/s1. The summed E-state index contributed by atoms with van der Waals surface area (Å²) < 4.78 is 13.4. The number of benzene rings is 3. The number of carbonyl (C=O) groups is 2. The van der Waals surface area contributed by atoms with Crippen molar-refractivity contribution in [3.05, 3.63) is 96.3 Å². The Hall–Kier alpha value is -3.91. The molecule has 170 valence electrons. The molecule has 7 nitrogen and oxygen atoms in total. The second-order valence-corrected chi connectivity index (χ2v) is 8.37. The second kappa shape index (κ2) is 8.91. The molecule has 0 saturated carbocycles. The molecule has 1 heterocycles. The molecule has 0 unspecified atom stereocenters. The number of hydrogen-bond acceptors (Lipinski definition) is 3. The molecule has 0 aliphatic carbocycles. The summed E-state index contributed by atoms with van der Waals surface area (Å²) >= 11 is 0. The van der Waals surface area contributed by atoms with Gasteiger partial charge in [-0.1, -0.05) is 48.5 Å². The first-order valence-corrected chi connectivity index (χ1v) is 10.5. The molecule has 3 aromatic carbocycles. The number of nitrogens with zero attached hydrogens (tertiary/aromatic N) is 3. The Morgan fingerprint density at radius 3 is 2.18 bits per heavy atom. The van der Waals surface area contributed by atoms with E-state index < -0.39 is 17.7 Å². The van der Waals surface area contributed by atoms with Gasteiger partial charge in [-0.2, -0.15) is 5.06 Å². The van der Waals surface area contributed by atoms with Gasteiger partial charge in [0.2, 0.25) is 0 Å². The van der Waals surface area contributed by atoms with E-state index in [2.05, 4.69) is 5.32 Å². The van der Waals surface area contributed by atoms with Gasteiger partial charge in [0, 0.05) is 17.9 Å². The number of urea groups is 2. The van der Waals surface area contributed by atoms with Crippen LogP contribution in [0.1, 0.15) is 19.4 Å². The summed E-state index contributed by atoms with van der Waals surface area (Å²) in [6, 6.07) is 22.3. The van der Waals surface area contributed by atoms with Gasteiger partial charge in [0.25, 0.3) is 0 Å². The molecule has 1 aliphatic rings.